The first-order chi connectivity index (χ1) is 8.34. The van der Waals surface area contributed by atoms with Gasteiger partial charge in [-0.25, -0.2) is 9.59 Å². The van der Waals surface area contributed by atoms with Crippen molar-refractivity contribution in [3.8, 4) is 0 Å². The van der Waals surface area contributed by atoms with Gasteiger partial charge in [0.05, 0.1) is 0 Å². The Hall–Kier alpha value is -1.79. The van der Waals surface area contributed by atoms with Gasteiger partial charge in [0.2, 0.25) is 5.91 Å². The third-order valence-corrected chi connectivity index (χ3v) is 3.24. The lowest BCUT2D eigenvalue weighted by molar-refractivity contribution is -0.141. The molecule has 1 N–H and O–H groups in total. The third-order valence-electron chi connectivity index (χ3n) is 3.24. The molecule has 1 aliphatic heterocycles. The number of carboxylic acid groups (broad SMARTS) is 1. The van der Waals surface area contributed by atoms with Gasteiger partial charge in [-0.2, -0.15) is 0 Å². The molecule has 1 unspecified atom stereocenters. The molecule has 0 spiro atoms. The second-order valence-corrected chi connectivity index (χ2v) is 4.40. The minimum atomic E-state index is -1.03. The molecule has 1 saturated heterocycles. The minimum Gasteiger partial charge on any atom is -0.480 e. The molecule has 0 aromatic rings. The molecule has 1 aliphatic rings. The molecule has 7 heteroatoms. The van der Waals surface area contributed by atoms with Gasteiger partial charge in [-0.15, -0.1) is 0 Å². The summed E-state index contributed by atoms with van der Waals surface area (Å²) in [6, 6.07) is -1.17. The summed E-state index contributed by atoms with van der Waals surface area (Å²) in [6.45, 7) is 4.83. The van der Waals surface area contributed by atoms with Gasteiger partial charge in [0.25, 0.3) is 0 Å². The molecule has 1 atom stereocenters. The SMILES string of the molecule is CC(=O)N1CCN(C(=O)N(C)C(C)C(=O)O)CC1. The number of carbonyl (C=O) groups is 3. The summed E-state index contributed by atoms with van der Waals surface area (Å²) < 4.78 is 0. The fourth-order valence-corrected chi connectivity index (χ4v) is 1.77. The van der Waals surface area contributed by atoms with Crippen molar-refractivity contribution in [3.63, 3.8) is 0 Å². The maximum Gasteiger partial charge on any atom is 0.326 e. The van der Waals surface area contributed by atoms with Crippen molar-refractivity contribution in [1.82, 2.24) is 14.7 Å². The number of aliphatic carboxylic acids is 1. The molecule has 0 radical (unpaired) electrons. The Balaban J connectivity index is 2.54. The van der Waals surface area contributed by atoms with E-state index in [1.54, 1.807) is 9.80 Å². The zero-order chi connectivity index (χ0) is 13.9. The fraction of sp³-hybridized carbons (Fsp3) is 0.727. The van der Waals surface area contributed by atoms with Gasteiger partial charge in [0.1, 0.15) is 6.04 Å². The average Bonchev–Trinajstić information content (AvgIpc) is 2.36. The van der Waals surface area contributed by atoms with Crippen LogP contribution in [0.1, 0.15) is 13.8 Å². The van der Waals surface area contributed by atoms with Gasteiger partial charge in [0, 0.05) is 40.2 Å². The van der Waals surface area contributed by atoms with Crippen molar-refractivity contribution in [1.29, 1.82) is 0 Å². The third kappa shape index (κ3) is 3.12. The number of nitrogens with zero attached hydrogens (tertiary/aromatic N) is 3. The van der Waals surface area contributed by atoms with Crippen molar-refractivity contribution in [2.75, 3.05) is 33.2 Å². The van der Waals surface area contributed by atoms with Crippen molar-refractivity contribution in [2.24, 2.45) is 0 Å². The van der Waals surface area contributed by atoms with Gasteiger partial charge in [-0.1, -0.05) is 0 Å². The van der Waals surface area contributed by atoms with E-state index in [9.17, 15) is 14.4 Å². The van der Waals surface area contributed by atoms with E-state index in [1.807, 2.05) is 0 Å². The van der Waals surface area contributed by atoms with E-state index in [2.05, 4.69) is 0 Å². The Morgan fingerprint density at radius 1 is 1.11 bits per heavy atom. The smallest absolute Gasteiger partial charge is 0.326 e. The summed E-state index contributed by atoms with van der Waals surface area (Å²) in [6.07, 6.45) is 0. The molecule has 18 heavy (non-hydrogen) atoms. The van der Waals surface area contributed by atoms with Crippen LogP contribution in [0.5, 0.6) is 0 Å². The van der Waals surface area contributed by atoms with Crippen LogP contribution in [0.4, 0.5) is 4.79 Å². The van der Waals surface area contributed by atoms with Crippen molar-refractivity contribution < 1.29 is 19.5 Å². The molecular formula is C11H19N3O4. The molecular weight excluding hydrogens is 238 g/mol. The summed E-state index contributed by atoms with van der Waals surface area (Å²) in [5.41, 5.74) is 0. The number of carbonyl (C=O) groups excluding carboxylic acids is 2. The number of hydrogen-bond donors (Lipinski definition) is 1. The van der Waals surface area contributed by atoms with Crippen LogP contribution >= 0.6 is 0 Å². The van der Waals surface area contributed by atoms with Gasteiger partial charge in [-0.3, -0.25) is 4.79 Å². The first-order valence-electron chi connectivity index (χ1n) is 5.84. The number of urea groups is 1. The van der Waals surface area contributed by atoms with Crippen LogP contribution < -0.4 is 0 Å². The summed E-state index contributed by atoms with van der Waals surface area (Å²) in [4.78, 5) is 38.4. The summed E-state index contributed by atoms with van der Waals surface area (Å²) >= 11 is 0. The predicted octanol–water partition coefficient (Wildman–Crippen LogP) is -0.325. The molecule has 0 bridgehead atoms. The molecule has 0 aromatic heterocycles. The van der Waals surface area contributed by atoms with E-state index in [0.29, 0.717) is 26.2 Å². The minimum absolute atomic E-state index is 0.00522. The lowest BCUT2D eigenvalue weighted by Gasteiger charge is -2.37. The molecule has 0 saturated carbocycles. The van der Waals surface area contributed by atoms with Gasteiger partial charge in [0.15, 0.2) is 0 Å². The molecule has 1 rings (SSSR count). The van der Waals surface area contributed by atoms with Gasteiger partial charge < -0.3 is 19.8 Å². The van der Waals surface area contributed by atoms with Crippen LogP contribution in [0.2, 0.25) is 0 Å². The van der Waals surface area contributed by atoms with E-state index in [0.717, 1.165) is 0 Å². The second-order valence-electron chi connectivity index (χ2n) is 4.40. The highest BCUT2D eigenvalue weighted by molar-refractivity contribution is 5.82. The molecule has 102 valence electrons. The number of carboxylic acids is 1. The first kappa shape index (κ1) is 14.3. The monoisotopic (exact) mass is 257 g/mol. The normalized spacial score (nSPS) is 17.3. The molecule has 0 aliphatic carbocycles. The maximum atomic E-state index is 12.0. The largest absolute Gasteiger partial charge is 0.480 e. The van der Waals surface area contributed by atoms with Crippen molar-refractivity contribution >= 4 is 17.9 Å². The van der Waals surface area contributed by atoms with E-state index >= 15 is 0 Å². The molecule has 0 aromatic carbocycles. The zero-order valence-electron chi connectivity index (χ0n) is 10.9. The molecule has 1 heterocycles. The van der Waals surface area contributed by atoms with Crippen LogP contribution in [-0.4, -0.2) is 77.0 Å². The predicted molar refractivity (Wildman–Crippen MR) is 64.1 cm³/mol. The first-order valence-corrected chi connectivity index (χ1v) is 5.84. The second kappa shape index (κ2) is 5.70. The highest BCUT2D eigenvalue weighted by atomic mass is 16.4. The standard InChI is InChI=1S/C11H19N3O4/c1-8(10(16)17)12(3)11(18)14-6-4-13(5-7-14)9(2)15/h8H,4-7H2,1-3H3,(H,16,17). The van der Waals surface area contributed by atoms with Crippen LogP contribution in [0.3, 0.4) is 0 Å². The topological polar surface area (TPSA) is 81.2 Å². The van der Waals surface area contributed by atoms with Crippen LogP contribution in [0.25, 0.3) is 0 Å². The van der Waals surface area contributed by atoms with Crippen LogP contribution in [-0.2, 0) is 9.59 Å². The van der Waals surface area contributed by atoms with E-state index in [4.69, 9.17) is 5.11 Å². The maximum absolute atomic E-state index is 12.0. The molecule has 3 amide bonds. The average molecular weight is 257 g/mol. The quantitative estimate of drug-likeness (QED) is 0.735. The van der Waals surface area contributed by atoms with Crippen LogP contribution in [0.15, 0.2) is 0 Å². The summed E-state index contributed by atoms with van der Waals surface area (Å²) in [7, 11) is 1.47. The zero-order valence-corrected chi connectivity index (χ0v) is 10.9. The Bertz CT molecular complexity index is 350. The number of hydrogen-bond acceptors (Lipinski definition) is 3. The Labute approximate surface area is 106 Å². The number of piperazine rings is 1. The number of rotatable bonds is 2. The Morgan fingerprint density at radius 2 is 1.56 bits per heavy atom. The Kier molecular flexibility index (Phi) is 4.52. The van der Waals surface area contributed by atoms with Gasteiger partial charge in [-0.05, 0) is 6.92 Å². The number of likely N-dealkylation sites (N-methyl/N-ethyl adjacent to an activating group) is 1. The van der Waals surface area contributed by atoms with Gasteiger partial charge >= 0.3 is 12.0 Å². The van der Waals surface area contributed by atoms with E-state index < -0.39 is 12.0 Å². The van der Waals surface area contributed by atoms with Crippen LogP contribution in [0, 0.1) is 0 Å². The molecule has 1 fully saturated rings. The van der Waals surface area contributed by atoms with Crippen molar-refractivity contribution in [3.05, 3.63) is 0 Å². The lowest BCUT2D eigenvalue weighted by Crippen LogP contribution is -2.55. The van der Waals surface area contributed by atoms with E-state index in [1.165, 1.54) is 25.8 Å². The Morgan fingerprint density at radius 3 is 1.94 bits per heavy atom. The van der Waals surface area contributed by atoms with Crippen molar-refractivity contribution in [2.45, 2.75) is 19.9 Å². The molecule has 7 nitrogen and oxygen atoms in total. The highest BCUT2D eigenvalue weighted by Crippen LogP contribution is 2.07. The van der Waals surface area contributed by atoms with E-state index in [-0.39, 0.29) is 11.9 Å². The highest BCUT2D eigenvalue weighted by Gasteiger charge is 2.28. The summed E-state index contributed by atoms with van der Waals surface area (Å²) in [5, 5.41) is 8.85. The fourth-order valence-electron chi connectivity index (χ4n) is 1.77. The lowest BCUT2D eigenvalue weighted by atomic mass is 10.3. The number of amides is 3. The summed E-state index contributed by atoms with van der Waals surface area (Å²) in [5.74, 6) is -1.04.